The van der Waals surface area contributed by atoms with Gasteiger partial charge in [-0.1, -0.05) is 6.07 Å². The Kier molecular flexibility index (Phi) is 3.38. The maximum absolute atomic E-state index is 13.3. The van der Waals surface area contributed by atoms with E-state index in [1.165, 1.54) is 30.6 Å². The van der Waals surface area contributed by atoms with Crippen LogP contribution in [-0.2, 0) is 0 Å². The van der Waals surface area contributed by atoms with Crippen molar-refractivity contribution in [3.63, 3.8) is 0 Å². The van der Waals surface area contributed by atoms with Gasteiger partial charge in [0.1, 0.15) is 29.1 Å². The van der Waals surface area contributed by atoms with Crippen molar-refractivity contribution in [1.29, 1.82) is 0 Å². The van der Waals surface area contributed by atoms with E-state index in [1.807, 2.05) is 0 Å². The Hall–Kier alpha value is -3.35. The molecule has 0 amide bonds. The number of hydrogen-bond donors (Lipinski definition) is 0. The molecule has 2 aromatic carbocycles. The van der Waals surface area contributed by atoms with Crippen molar-refractivity contribution in [2.24, 2.45) is 0 Å². The Labute approximate surface area is 135 Å². The third-order valence-corrected chi connectivity index (χ3v) is 3.41. The smallest absolute Gasteiger partial charge is 0.233 e. The molecule has 4 aromatic rings. The van der Waals surface area contributed by atoms with E-state index in [9.17, 15) is 8.78 Å². The third-order valence-electron chi connectivity index (χ3n) is 3.41. The van der Waals surface area contributed by atoms with Crippen LogP contribution in [0.25, 0.3) is 16.7 Å². The molecule has 5 nitrogen and oxygen atoms in total. The summed E-state index contributed by atoms with van der Waals surface area (Å²) in [6, 6.07) is 11.6. The lowest BCUT2D eigenvalue weighted by Gasteiger charge is -2.06. The summed E-state index contributed by atoms with van der Waals surface area (Å²) in [5, 5.41) is 4.81. The number of rotatable bonds is 3. The van der Waals surface area contributed by atoms with Gasteiger partial charge in [-0.2, -0.15) is 5.10 Å². The predicted octanol–water partition coefficient (Wildman–Crippen LogP) is 3.89. The first-order valence-electron chi connectivity index (χ1n) is 7.09. The first-order valence-corrected chi connectivity index (χ1v) is 7.09. The molecule has 0 N–H and O–H groups in total. The molecule has 0 spiro atoms. The zero-order valence-corrected chi connectivity index (χ0v) is 12.2. The molecular formula is C17H10F2N4O. The average Bonchev–Trinajstić information content (AvgIpc) is 3.01. The number of halogens is 2. The second-order valence-corrected chi connectivity index (χ2v) is 5.01. The minimum Gasteiger partial charge on any atom is -0.438 e. The number of aromatic nitrogens is 4. The fourth-order valence-corrected chi connectivity index (χ4v) is 2.32. The van der Waals surface area contributed by atoms with Crippen LogP contribution in [0.4, 0.5) is 8.78 Å². The van der Waals surface area contributed by atoms with Crippen molar-refractivity contribution in [2.45, 2.75) is 0 Å². The highest BCUT2D eigenvalue weighted by molar-refractivity contribution is 5.81. The topological polar surface area (TPSA) is 52.8 Å². The van der Waals surface area contributed by atoms with E-state index in [0.29, 0.717) is 22.5 Å². The highest BCUT2D eigenvalue weighted by Crippen LogP contribution is 2.27. The normalized spacial score (nSPS) is 10.9. The number of hydrogen-bond acceptors (Lipinski definition) is 4. The second kappa shape index (κ2) is 5.69. The lowest BCUT2D eigenvalue weighted by molar-refractivity contribution is 0.463. The zero-order valence-electron chi connectivity index (χ0n) is 12.2. The molecular weight excluding hydrogens is 314 g/mol. The Morgan fingerprint density at radius 1 is 0.917 bits per heavy atom. The Morgan fingerprint density at radius 2 is 1.75 bits per heavy atom. The highest BCUT2D eigenvalue weighted by atomic mass is 19.1. The minimum absolute atomic E-state index is 0.263. The zero-order chi connectivity index (χ0) is 16.5. The summed E-state index contributed by atoms with van der Waals surface area (Å²) >= 11 is 0. The van der Waals surface area contributed by atoms with Crippen LogP contribution < -0.4 is 4.74 Å². The molecule has 4 rings (SSSR count). The summed E-state index contributed by atoms with van der Waals surface area (Å²) < 4.78 is 33.5. The molecule has 0 saturated carbocycles. The highest BCUT2D eigenvalue weighted by Gasteiger charge is 2.13. The molecule has 118 valence electrons. The summed E-state index contributed by atoms with van der Waals surface area (Å²) in [5.41, 5.74) is 1.16. The van der Waals surface area contributed by atoms with Crippen LogP contribution in [0.1, 0.15) is 0 Å². The molecule has 0 radical (unpaired) electrons. The third kappa shape index (κ3) is 2.56. The van der Waals surface area contributed by atoms with Crippen molar-refractivity contribution in [3.05, 3.63) is 72.7 Å². The first kappa shape index (κ1) is 14.3. The van der Waals surface area contributed by atoms with Crippen LogP contribution >= 0.6 is 0 Å². The molecule has 0 aliphatic rings. The van der Waals surface area contributed by atoms with Gasteiger partial charge in [-0.3, -0.25) is 0 Å². The van der Waals surface area contributed by atoms with Crippen molar-refractivity contribution < 1.29 is 13.5 Å². The van der Waals surface area contributed by atoms with Gasteiger partial charge < -0.3 is 4.74 Å². The maximum atomic E-state index is 13.3. The molecule has 7 heteroatoms. The predicted molar refractivity (Wildman–Crippen MR) is 83.1 cm³/mol. The van der Waals surface area contributed by atoms with Gasteiger partial charge in [-0.25, -0.2) is 23.4 Å². The molecule has 0 aliphatic heterocycles. The van der Waals surface area contributed by atoms with E-state index < -0.39 is 5.82 Å². The van der Waals surface area contributed by atoms with E-state index in [4.69, 9.17) is 4.74 Å². The molecule has 2 aromatic heterocycles. The summed E-state index contributed by atoms with van der Waals surface area (Å²) in [6.07, 6.45) is 2.88. The van der Waals surface area contributed by atoms with Crippen LogP contribution in [-0.4, -0.2) is 19.7 Å². The summed E-state index contributed by atoms with van der Waals surface area (Å²) in [6.45, 7) is 0. The molecule has 2 heterocycles. The second-order valence-electron chi connectivity index (χ2n) is 5.01. The van der Waals surface area contributed by atoms with E-state index >= 15 is 0 Å². The molecule has 0 unspecified atom stereocenters. The van der Waals surface area contributed by atoms with Gasteiger partial charge >= 0.3 is 0 Å². The number of benzene rings is 2. The average molecular weight is 324 g/mol. The van der Waals surface area contributed by atoms with Crippen LogP contribution in [0, 0.1) is 11.6 Å². The molecule has 0 saturated heterocycles. The van der Waals surface area contributed by atoms with Gasteiger partial charge in [0, 0.05) is 6.07 Å². The largest absolute Gasteiger partial charge is 0.438 e. The Balaban J connectivity index is 1.77. The lowest BCUT2D eigenvalue weighted by atomic mass is 10.3. The minimum atomic E-state index is -0.403. The fraction of sp³-hybridized carbons (Fsp3) is 0. The van der Waals surface area contributed by atoms with Gasteiger partial charge in [0.25, 0.3) is 0 Å². The number of fused-ring (bicyclic) bond motifs is 1. The molecule has 0 bridgehead atoms. The molecule has 0 atom stereocenters. The summed E-state index contributed by atoms with van der Waals surface area (Å²) in [7, 11) is 0. The van der Waals surface area contributed by atoms with E-state index in [-0.39, 0.29) is 11.7 Å². The summed E-state index contributed by atoms with van der Waals surface area (Å²) in [5.74, 6) is -0.150. The monoisotopic (exact) mass is 324 g/mol. The Bertz CT molecular complexity index is 1010. The van der Waals surface area contributed by atoms with Crippen molar-refractivity contribution in [3.8, 4) is 17.3 Å². The molecule has 24 heavy (non-hydrogen) atoms. The molecule has 0 fully saturated rings. The lowest BCUT2D eigenvalue weighted by Crippen LogP contribution is -1.98. The van der Waals surface area contributed by atoms with Crippen LogP contribution in [0.15, 0.2) is 61.1 Å². The van der Waals surface area contributed by atoms with E-state index in [0.717, 1.165) is 0 Å². The van der Waals surface area contributed by atoms with Crippen LogP contribution in [0.2, 0.25) is 0 Å². The van der Waals surface area contributed by atoms with Crippen molar-refractivity contribution >= 4 is 11.0 Å². The fourth-order valence-electron chi connectivity index (χ4n) is 2.32. The SMILES string of the molecule is Fc1ccc(-n2ncc3c(Oc4cccc(F)c4)ncnc32)cc1. The quantitative estimate of drug-likeness (QED) is 0.574. The van der Waals surface area contributed by atoms with Gasteiger partial charge in [-0.05, 0) is 36.4 Å². The molecule has 0 aliphatic carbocycles. The van der Waals surface area contributed by atoms with Crippen LogP contribution in [0.5, 0.6) is 11.6 Å². The van der Waals surface area contributed by atoms with Gasteiger partial charge in [0.2, 0.25) is 5.88 Å². The van der Waals surface area contributed by atoms with Gasteiger partial charge in [0.05, 0.1) is 11.9 Å². The number of nitrogens with zero attached hydrogens (tertiary/aromatic N) is 4. The standard InChI is InChI=1S/C17H10F2N4O/c18-11-4-6-13(7-5-11)23-16-15(9-22-23)17(21-10-20-16)24-14-3-1-2-12(19)8-14/h1-10H. The number of ether oxygens (including phenoxy) is 1. The van der Waals surface area contributed by atoms with E-state index in [2.05, 4.69) is 15.1 Å². The van der Waals surface area contributed by atoms with Crippen molar-refractivity contribution in [2.75, 3.05) is 0 Å². The first-order chi connectivity index (χ1) is 11.7. The van der Waals surface area contributed by atoms with Gasteiger partial charge in [0.15, 0.2) is 5.65 Å². The van der Waals surface area contributed by atoms with Crippen molar-refractivity contribution in [1.82, 2.24) is 19.7 Å². The van der Waals surface area contributed by atoms with Gasteiger partial charge in [-0.15, -0.1) is 0 Å². The van der Waals surface area contributed by atoms with Crippen LogP contribution in [0.3, 0.4) is 0 Å². The van der Waals surface area contributed by atoms with E-state index in [1.54, 1.807) is 35.1 Å². The summed E-state index contributed by atoms with van der Waals surface area (Å²) in [4.78, 5) is 8.29. The Morgan fingerprint density at radius 3 is 2.54 bits per heavy atom. The maximum Gasteiger partial charge on any atom is 0.233 e.